The van der Waals surface area contributed by atoms with E-state index in [0.29, 0.717) is 24.5 Å². The first-order valence-electron chi connectivity index (χ1n) is 5.55. The average molecular weight is 249 g/mol. The fourth-order valence-corrected chi connectivity index (χ4v) is 1.57. The molecule has 0 aromatic carbocycles. The van der Waals surface area contributed by atoms with Crippen LogP contribution in [0.2, 0.25) is 0 Å². The lowest BCUT2D eigenvalue weighted by Crippen LogP contribution is -2.26. The molecule has 0 saturated carbocycles. The third kappa shape index (κ3) is 2.68. The van der Waals surface area contributed by atoms with Gasteiger partial charge in [0.25, 0.3) is 5.91 Å². The molecule has 0 aliphatic carbocycles. The number of ether oxygens (including phenoxy) is 1. The number of aromatic nitrogens is 4. The van der Waals surface area contributed by atoms with Gasteiger partial charge in [-0.05, 0) is 0 Å². The van der Waals surface area contributed by atoms with Crippen LogP contribution in [0.3, 0.4) is 0 Å². The number of imidazole rings is 1. The minimum atomic E-state index is -0.222. The van der Waals surface area contributed by atoms with Crippen LogP contribution in [0.4, 0.5) is 0 Å². The van der Waals surface area contributed by atoms with E-state index in [4.69, 9.17) is 4.74 Å². The maximum Gasteiger partial charge on any atom is 0.271 e. The standard InChI is InChI=1S/C11H15N5O2/c1-16-10(18-2)7-8(15-16)11(17)14-4-3-9-12-5-6-13-9/h5-7H,3-4H2,1-2H3,(H,12,13)(H,14,17). The number of aromatic amines is 1. The van der Waals surface area contributed by atoms with Crippen molar-refractivity contribution in [3.63, 3.8) is 0 Å². The number of nitrogens with one attached hydrogen (secondary N) is 2. The van der Waals surface area contributed by atoms with E-state index in [1.165, 1.54) is 11.8 Å². The van der Waals surface area contributed by atoms with E-state index in [1.807, 2.05) is 0 Å². The van der Waals surface area contributed by atoms with Gasteiger partial charge in [-0.25, -0.2) is 9.67 Å². The van der Waals surface area contributed by atoms with Crippen LogP contribution >= 0.6 is 0 Å². The van der Waals surface area contributed by atoms with Gasteiger partial charge in [-0.1, -0.05) is 0 Å². The minimum Gasteiger partial charge on any atom is -0.481 e. The number of amides is 1. The van der Waals surface area contributed by atoms with E-state index >= 15 is 0 Å². The Balaban J connectivity index is 1.87. The first kappa shape index (κ1) is 12.2. The Bertz CT molecular complexity index is 518. The van der Waals surface area contributed by atoms with Crippen LogP contribution in [0.5, 0.6) is 5.88 Å². The molecule has 2 heterocycles. The van der Waals surface area contributed by atoms with Gasteiger partial charge in [0.1, 0.15) is 5.82 Å². The predicted octanol–water partition coefficient (Wildman–Crippen LogP) is 0.124. The largest absolute Gasteiger partial charge is 0.481 e. The maximum atomic E-state index is 11.8. The van der Waals surface area contributed by atoms with Gasteiger partial charge < -0.3 is 15.0 Å². The van der Waals surface area contributed by atoms with Crippen LogP contribution in [0.1, 0.15) is 16.3 Å². The molecule has 0 saturated heterocycles. The molecule has 2 aromatic rings. The summed E-state index contributed by atoms with van der Waals surface area (Å²) in [5.41, 5.74) is 0.341. The molecule has 0 radical (unpaired) electrons. The summed E-state index contributed by atoms with van der Waals surface area (Å²) < 4.78 is 6.56. The molecule has 0 bridgehead atoms. The summed E-state index contributed by atoms with van der Waals surface area (Å²) in [7, 11) is 3.26. The topological polar surface area (TPSA) is 84.8 Å². The summed E-state index contributed by atoms with van der Waals surface area (Å²) >= 11 is 0. The number of hydrogen-bond donors (Lipinski definition) is 2. The van der Waals surface area contributed by atoms with Crippen LogP contribution in [-0.4, -0.2) is 39.3 Å². The highest BCUT2D eigenvalue weighted by molar-refractivity contribution is 5.92. The van der Waals surface area contributed by atoms with Gasteiger partial charge in [0.05, 0.1) is 7.11 Å². The Kier molecular flexibility index (Phi) is 3.61. The number of hydrogen-bond acceptors (Lipinski definition) is 4. The summed E-state index contributed by atoms with van der Waals surface area (Å²) in [6.45, 7) is 0.505. The van der Waals surface area contributed by atoms with E-state index in [9.17, 15) is 4.79 Å². The summed E-state index contributed by atoms with van der Waals surface area (Å²) in [6, 6.07) is 1.60. The minimum absolute atomic E-state index is 0.222. The number of aryl methyl sites for hydroxylation is 1. The second-order valence-electron chi connectivity index (χ2n) is 3.74. The fraction of sp³-hybridized carbons (Fsp3) is 0.364. The zero-order valence-corrected chi connectivity index (χ0v) is 10.3. The molecule has 0 atom stereocenters. The molecule has 18 heavy (non-hydrogen) atoms. The molecule has 0 aliphatic rings. The van der Waals surface area contributed by atoms with Crippen LogP contribution in [0.25, 0.3) is 0 Å². The van der Waals surface area contributed by atoms with E-state index in [1.54, 1.807) is 25.5 Å². The number of H-pyrrole nitrogens is 1. The molecule has 96 valence electrons. The molecule has 0 unspecified atom stereocenters. The molecule has 0 spiro atoms. The lowest BCUT2D eigenvalue weighted by Gasteiger charge is -2.00. The lowest BCUT2D eigenvalue weighted by atomic mass is 10.3. The number of methoxy groups -OCH3 is 1. The SMILES string of the molecule is COc1cc(C(=O)NCCc2ncc[nH]2)nn1C. The molecular weight excluding hydrogens is 234 g/mol. The van der Waals surface area contributed by atoms with Crippen molar-refractivity contribution in [1.82, 2.24) is 25.1 Å². The molecule has 1 amide bonds. The summed E-state index contributed by atoms with van der Waals surface area (Å²) in [5.74, 6) is 1.17. The average Bonchev–Trinajstić information content (AvgIpc) is 2.98. The molecular formula is C11H15N5O2. The molecule has 2 N–H and O–H groups in total. The highest BCUT2D eigenvalue weighted by Crippen LogP contribution is 2.10. The van der Waals surface area contributed by atoms with Crippen molar-refractivity contribution < 1.29 is 9.53 Å². The van der Waals surface area contributed by atoms with Crippen molar-refractivity contribution in [2.45, 2.75) is 6.42 Å². The van der Waals surface area contributed by atoms with Gasteiger partial charge >= 0.3 is 0 Å². The Hall–Kier alpha value is -2.31. The third-order valence-electron chi connectivity index (χ3n) is 2.48. The van der Waals surface area contributed by atoms with E-state index < -0.39 is 0 Å². The summed E-state index contributed by atoms with van der Waals surface area (Å²) in [6.07, 6.45) is 4.09. The van der Waals surface area contributed by atoms with Crippen molar-refractivity contribution in [3.8, 4) is 5.88 Å². The molecule has 0 aliphatic heterocycles. The number of carbonyl (C=O) groups is 1. The first-order chi connectivity index (χ1) is 8.70. The highest BCUT2D eigenvalue weighted by Gasteiger charge is 2.12. The van der Waals surface area contributed by atoms with Gasteiger partial charge in [0, 0.05) is 38.5 Å². The predicted molar refractivity (Wildman–Crippen MR) is 64.4 cm³/mol. The molecule has 7 heteroatoms. The van der Waals surface area contributed by atoms with Crippen LogP contribution < -0.4 is 10.1 Å². The van der Waals surface area contributed by atoms with Gasteiger partial charge in [0.15, 0.2) is 5.69 Å². The first-order valence-corrected chi connectivity index (χ1v) is 5.55. The van der Waals surface area contributed by atoms with E-state index in [-0.39, 0.29) is 5.91 Å². The Labute approximate surface area is 104 Å². The van der Waals surface area contributed by atoms with Gasteiger partial charge in [-0.15, -0.1) is 0 Å². The van der Waals surface area contributed by atoms with Crippen molar-refractivity contribution >= 4 is 5.91 Å². The molecule has 7 nitrogen and oxygen atoms in total. The molecule has 2 rings (SSSR count). The van der Waals surface area contributed by atoms with Crippen LogP contribution in [0.15, 0.2) is 18.5 Å². The fourth-order valence-electron chi connectivity index (χ4n) is 1.57. The maximum absolute atomic E-state index is 11.8. The van der Waals surface area contributed by atoms with Crippen molar-refractivity contribution in [3.05, 3.63) is 30.0 Å². The monoisotopic (exact) mass is 249 g/mol. The number of rotatable bonds is 5. The van der Waals surface area contributed by atoms with E-state index in [2.05, 4.69) is 20.4 Å². The zero-order valence-electron chi connectivity index (χ0n) is 10.3. The second-order valence-corrected chi connectivity index (χ2v) is 3.74. The van der Waals surface area contributed by atoms with Crippen molar-refractivity contribution in [2.75, 3.05) is 13.7 Å². The summed E-state index contributed by atoms with van der Waals surface area (Å²) in [5, 5.41) is 6.82. The Morgan fingerprint density at radius 3 is 3.06 bits per heavy atom. The Morgan fingerprint density at radius 1 is 1.61 bits per heavy atom. The van der Waals surface area contributed by atoms with Gasteiger partial charge in [0.2, 0.25) is 5.88 Å². The van der Waals surface area contributed by atoms with E-state index in [0.717, 1.165) is 5.82 Å². The van der Waals surface area contributed by atoms with Crippen LogP contribution in [0, 0.1) is 0 Å². The summed E-state index contributed by atoms with van der Waals surface area (Å²) in [4.78, 5) is 18.8. The quantitative estimate of drug-likeness (QED) is 0.788. The van der Waals surface area contributed by atoms with Crippen LogP contribution in [-0.2, 0) is 13.5 Å². The second kappa shape index (κ2) is 5.35. The highest BCUT2D eigenvalue weighted by atomic mass is 16.5. The van der Waals surface area contributed by atoms with Gasteiger partial charge in [-0.3, -0.25) is 4.79 Å². The zero-order chi connectivity index (χ0) is 13.0. The smallest absolute Gasteiger partial charge is 0.271 e. The molecule has 2 aromatic heterocycles. The Morgan fingerprint density at radius 2 is 2.44 bits per heavy atom. The van der Waals surface area contributed by atoms with Crippen molar-refractivity contribution in [1.29, 1.82) is 0 Å². The normalized spacial score (nSPS) is 10.3. The number of carbonyl (C=O) groups excluding carboxylic acids is 1. The van der Waals surface area contributed by atoms with Gasteiger partial charge in [-0.2, -0.15) is 5.10 Å². The number of nitrogens with zero attached hydrogens (tertiary/aromatic N) is 3. The molecule has 0 fully saturated rings. The third-order valence-corrected chi connectivity index (χ3v) is 2.48. The lowest BCUT2D eigenvalue weighted by molar-refractivity contribution is 0.0948. The van der Waals surface area contributed by atoms with Crippen molar-refractivity contribution in [2.24, 2.45) is 7.05 Å².